The summed E-state index contributed by atoms with van der Waals surface area (Å²) in [5.41, 5.74) is 5.99. The number of allylic oxidation sites excluding steroid dienone is 1. The second kappa shape index (κ2) is 6.24. The highest BCUT2D eigenvalue weighted by Gasteiger charge is 2.15. The summed E-state index contributed by atoms with van der Waals surface area (Å²) in [6.07, 6.45) is 4.75. The maximum atomic E-state index is 11.1. The SMILES string of the molecule is NC(=O)NC([C]=O)=C(c1ccccc1)c1ncccn1. The van der Waals surface area contributed by atoms with Crippen molar-refractivity contribution in [3.8, 4) is 0 Å². The van der Waals surface area contributed by atoms with E-state index in [0.29, 0.717) is 17.0 Å². The molecule has 0 aliphatic carbocycles. The van der Waals surface area contributed by atoms with E-state index >= 15 is 0 Å². The van der Waals surface area contributed by atoms with Crippen molar-refractivity contribution in [1.82, 2.24) is 15.3 Å². The van der Waals surface area contributed by atoms with E-state index in [-0.39, 0.29) is 5.70 Å². The lowest BCUT2D eigenvalue weighted by molar-refractivity contribution is 0.251. The van der Waals surface area contributed by atoms with Gasteiger partial charge in [0.05, 0.1) is 5.57 Å². The van der Waals surface area contributed by atoms with Crippen LogP contribution in [0.1, 0.15) is 11.4 Å². The maximum absolute atomic E-state index is 11.1. The fraction of sp³-hybridized carbons (Fsp3) is 0. The molecule has 6 heteroatoms. The van der Waals surface area contributed by atoms with Crippen LogP contribution in [0, 0.1) is 0 Å². The monoisotopic (exact) mass is 267 g/mol. The Morgan fingerprint density at radius 3 is 2.30 bits per heavy atom. The summed E-state index contributed by atoms with van der Waals surface area (Å²) in [5.74, 6) is 0.297. The third kappa shape index (κ3) is 3.05. The van der Waals surface area contributed by atoms with Crippen LogP contribution in [0.3, 0.4) is 0 Å². The van der Waals surface area contributed by atoms with Crippen LogP contribution in [0.5, 0.6) is 0 Å². The van der Waals surface area contributed by atoms with Crippen LogP contribution in [0.15, 0.2) is 54.5 Å². The zero-order valence-electron chi connectivity index (χ0n) is 10.4. The van der Waals surface area contributed by atoms with Crippen molar-refractivity contribution in [3.63, 3.8) is 0 Å². The number of aromatic nitrogens is 2. The fourth-order valence-corrected chi connectivity index (χ4v) is 1.68. The van der Waals surface area contributed by atoms with Crippen LogP contribution in [0.2, 0.25) is 0 Å². The van der Waals surface area contributed by atoms with E-state index in [9.17, 15) is 9.59 Å². The fourth-order valence-electron chi connectivity index (χ4n) is 1.68. The molecule has 0 saturated carbocycles. The molecule has 1 heterocycles. The molecule has 0 fully saturated rings. The quantitative estimate of drug-likeness (QED) is 0.808. The topological polar surface area (TPSA) is 98.0 Å². The van der Waals surface area contributed by atoms with Crippen molar-refractivity contribution in [2.75, 3.05) is 0 Å². The summed E-state index contributed by atoms with van der Waals surface area (Å²) in [4.78, 5) is 30.3. The molecule has 2 rings (SSSR count). The molecule has 0 atom stereocenters. The molecular weight excluding hydrogens is 256 g/mol. The molecular formula is C14H11N4O2. The minimum absolute atomic E-state index is 0.102. The zero-order valence-corrected chi connectivity index (χ0v) is 10.4. The Hall–Kier alpha value is -3.02. The summed E-state index contributed by atoms with van der Waals surface area (Å²) in [7, 11) is 0. The molecule has 0 aliphatic heterocycles. The molecule has 99 valence electrons. The Labute approximate surface area is 115 Å². The molecule has 2 amide bonds. The van der Waals surface area contributed by atoms with Gasteiger partial charge in [-0.3, -0.25) is 4.79 Å². The van der Waals surface area contributed by atoms with Crippen LogP contribution < -0.4 is 11.1 Å². The number of primary amides is 1. The number of nitrogens with two attached hydrogens (primary N) is 1. The van der Waals surface area contributed by atoms with Gasteiger partial charge in [-0.15, -0.1) is 0 Å². The minimum atomic E-state index is -0.854. The van der Waals surface area contributed by atoms with E-state index in [1.807, 2.05) is 6.07 Å². The van der Waals surface area contributed by atoms with Crippen LogP contribution in [-0.4, -0.2) is 22.3 Å². The molecule has 0 saturated heterocycles. The lowest BCUT2D eigenvalue weighted by atomic mass is 10.0. The molecule has 2 aromatic rings. The average molecular weight is 267 g/mol. The highest BCUT2D eigenvalue weighted by atomic mass is 16.2. The first-order valence-electron chi connectivity index (χ1n) is 5.74. The highest BCUT2D eigenvalue weighted by molar-refractivity contribution is 5.96. The van der Waals surface area contributed by atoms with Gasteiger partial charge in [0.25, 0.3) is 6.29 Å². The Balaban J connectivity index is 2.63. The van der Waals surface area contributed by atoms with E-state index in [0.717, 1.165) is 0 Å². The van der Waals surface area contributed by atoms with Crippen LogP contribution in [0.4, 0.5) is 4.79 Å². The average Bonchev–Trinajstić information content (AvgIpc) is 2.48. The number of hydrogen-bond donors (Lipinski definition) is 2. The van der Waals surface area contributed by atoms with Crippen LogP contribution in [0.25, 0.3) is 5.57 Å². The van der Waals surface area contributed by atoms with E-state index < -0.39 is 6.03 Å². The first-order chi connectivity index (χ1) is 9.72. The number of nitrogens with zero attached hydrogens (tertiary/aromatic N) is 2. The Morgan fingerprint density at radius 1 is 1.10 bits per heavy atom. The van der Waals surface area contributed by atoms with Gasteiger partial charge in [-0.05, 0) is 11.6 Å². The number of urea groups is 1. The summed E-state index contributed by atoms with van der Waals surface area (Å²) < 4.78 is 0. The van der Waals surface area contributed by atoms with Crippen molar-refractivity contribution in [1.29, 1.82) is 0 Å². The number of carbonyl (C=O) groups excluding carboxylic acids is 2. The number of amides is 2. The summed E-state index contributed by atoms with van der Waals surface area (Å²) in [6.45, 7) is 0. The van der Waals surface area contributed by atoms with Gasteiger partial charge in [0, 0.05) is 12.4 Å². The van der Waals surface area contributed by atoms with E-state index in [1.165, 1.54) is 12.4 Å². The van der Waals surface area contributed by atoms with Gasteiger partial charge in [-0.2, -0.15) is 0 Å². The molecule has 1 aromatic heterocycles. The summed E-state index contributed by atoms with van der Waals surface area (Å²) in [5, 5.41) is 2.24. The molecule has 0 bridgehead atoms. The zero-order chi connectivity index (χ0) is 14.4. The highest BCUT2D eigenvalue weighted by Crippen LogP contribution is 2.22. The van der Waals surface area contributed by atoms with Gasteiger partial charge in [0.2, 0.25) is 0 Å². The Morgan fingerprint density at radius 2 is 1.75 bits per heavy atom. The Kier molecular flexibility index (Phi) is 4.18. The predicted molar refractivity (Wildman–Crippen MR) is 72.9 cm³/mol. The number of hydrogen-bond acceptors (Lipinski definition) is 4. The van der Waals surface area contributed by atoms with Crippen LogP contribution >= 0.6 is 0 Å². The van der Waals surface area contributed by atoms with E-state index in [1.54, 1.807) is 36.6 Å². The van der Waals surface area contributed by atoms with Gasteiger partial charge in [0.15, 0.2) is 5.82 Å². The van der Waals surface area contributed by atoms with Gasteiger partial charge < -0.3 is 11.1 Å². The second-order valence-corrected chi connectivity index (χ2v) is 3.78. The van der Waals surface area contributed by atoms with Crippen molar-refractivity contribution < 1.29 is 9.59 Å². The molecule has 1 radical (unpaired) electrons. The minimum Gasteiger partial charge on any atom is -0.351 e. The van der Waals surface area contributed by atoms with Gasteiger partial charge >= 0.3 is 6.03 Å². The molecule has 1 aromatic carbocycles. The van der Waals surface area contributed by atoms with Gasteiger partial charge in [-0.25, -0.2) is 14.8 Å². The predicted octanol–water partition coefficient (Wildman–Crippen LogP) is 1.01. The first-order valence-corrected chi connectivity index (χ1v) is 5.74. The molecule has 0 aliphatic rings. The number of rotatable bonds is 4. The molecule has 0 unspecified atom stereocenters. The first kappa shape index (κ1) is 13.4. The summed E-state index contributed by atoms with van der Waals surface area (Å²) >= 11 is 0. The lowest BCUT2D eigenvalue weighted by Gasteiger charge is -2.10. The van der Waals surface area contributed by atoms with Crippen molar-refractivity contribution in [3.05, 3.63) is 65.9 Å². The maximum Gasteiger partial charge on any atom is 0.316 e. The normalized spacial score (nSPS) is 11.4. The lowest BCUT2D eigenvalue weighted by Crippen LogP contribution is -2.30. The van der Waals surface area contributed by atoms with Gasteiger partial charge in [-0.1, -0.05) is 30.3 Å². The number of nitrogens with one attached hydrogen (secondary N) is 1. The largest absolute Gasteiger partial charge is 0.351 e. The number of carbonyl (C=O) groups is 1. The van der Waals surface area contributed by atoms with Crippen molar-refractivity contribution >= 4 is 17.9 Å². The number of benzene rings is 1. The molecule has 6 nitrogen and oxygen atoms in total. The van der Waals surface area contributed by atoms with E-state index in [2.05, 4.69) is 15.3 Å². The second-order valence-electron chi connectivity index (χ2n) is 3.78. The molecule has 0 spiro atoms. The molecule has 20 heavy (non-hydrogen) atoms. The van der Waals surface area contributed by atoms with Crippen molar-refractivity contribution in [2.45, 2.75) is 0 Å². The molecule has 3 N–H and O–H groups in total. The standard InChI is InChI=1S/C14H11N4O2/c15-14(20)18-11(9-19)12(10-5-2-1-3-6-10)13-16-7-4-8-17-13/h1-8H,(H3,15,18,20). The third-order valence-corrected chi connectivity index (χ3v) is 2.45. The smallest absolute Gasteiger partial charge is 0.316 e. The van der Waals surface area contributed by atoms with Crippen molar-refractivity contribution in [2.24, 2.45) is 5.73 Å². The van der Waals surface area contributed by atoms with E-state index in [4.69, 9.17) is 5.73 Å². The Bertz CT molecular complexity index is 597. The third-order valence-electron chi connectivity index (χ3n) is 2.45. The van der Waals surface area contributed by atoms with Crippen LogP contribution in [-0.2, 0) is 4.79 Å². The van der Waals surface area contributed by atoms with Gasteiger partial charge in [0.1, 0.15) is 5.70 Å². The summed E-state index contributed by atoms with van der Waals surface area (Å²) in [6, 6.07) is 9.76.